The van der Waals surface area contributed by atoms with Crippen LogP contribution in [0.25, 0.3) is 0 Å². The molecule has 0 radical (unpaired) electrons. The molecule has 1 aromatic rings. The molecule has 0 atom stereocenters. The fourth-order valence-corrected chi connectivity index (χ4v) is 3.37. The van der Waals surface area contributed by atoms with Crippen LogP contribution in [0.15, 0.2) is 11.4 Å². The number of Topliss-reactive ketones (excluding diaryl/α,β-unsaturated/α-hetero) is 2. The first-order chi connectivity index (χ1) is 8.17. The maximum atomic E-state index is 11.7. The topological polar surface area (TPSA) is 54.5 Å². The zero-order valence-corrected chi connectivity index (χ0v) is 9.96. The quantitative estimate of drug-likeness (QED) is 0.585. The molecule has 1 saturated heterocycles. The van der Waals surface area contributed by atoms with E-state index in [2.05, 4.69) is 0 Å². The van der Waals surface area contributed by atoms with Crippen LogP contribution < -0.4 is 4.90 Å². The van der Waals surface area contributed by atoms with Crippen molar-refractivity contribution in [1.82, 2.24) is 0 Å². The van der Waals surface area contributed by atoms with Gasteiger partial charge in [-0.05, 0) is 11.4 Å². The second-order valence-corrected chi connectivity index (χ2v) is 5.52. The van der Waals surface area contributed by atoms with Crippen LogP contribution in [0.2, 0.25) is 0 Å². The number of rotatable bonds is 2. The number of aldehydes is 1. The minimum absolute atomic E-state index is 0.0710. The average Bonchev–Trinajstić information content (AvgIpc) is 2.82. The Morgan fingerprint density at radius 1 is 1.24 bits per heavy atom. The van der Waals surface area contributed by atoms with Crippen molar-refractivity contribution in [3.05, 3.63) is 16.3 Å². The molecule has 1 aromatic heterocycles. The maximum absolute atomic E-state index is 11.7. The Bertz CT molecular complexity index is 496. The van der Waals surface area contributed by atoms with Crippen molar-refractivity contribution in [2.75, 3.05) is 18.0 Å². The molecule has 5 heteroatoms. The molecule has 2 fully saturated rings. The van der Waals surface area contributed by atoms with E-state index in [4.69, 9.17) is 0 Å². The van der Waals surface area contributed by atoms with E-state index in [0.717, 1.165) is 12.0 Å². The normalized spacial score (nSPS) is 22.0. The van der Waals surface area contributed by atoms with Gasteiger partial charge < -0.3 is 4.90 Å². The van der Waals surface area contributed by atoms with Crippen molar-refractivity contribution < 1.29 is 14.4 Å². The highest BCUT2D eigenvalue weighted by atomic mass is 32.1. The van der Waals surface area contributed by atoms with Crippen LogP contribution in [0, 0.1) is 5.41 Å². The summed E-state index contributed by atoms with van der Waals surface area (Å²) >= 11 is 1.38. The van der Waals surface area contributed by atoms with Crippen molar-refractivity contribution >= 4 is 34.9 Å². The zero-order chi connectivity index (χ0) is 12.0. The summed E-state index contributed by atoms with van der Waals surface area (Å²) in [7, 11) is 0. The van der Waals surface area contributed by atoms with E-state index in [0.29, 0.717) is 30.8 Å². The molecule has 88 valence electrons. The Balaban J connectivity index is 1.83. The third-order valence-corrected chi connectivity index (χ3v) is 4.52. The molecule has 2 heterocycles. The number of thiophene rings is 1. The molecule has 0 unspecified atom stereocenters. The third kappa shape index (κ3) is 1.32. The molecule has 1 spiro atoms. The third-order valence-electron chi connectivity index (χ3n) is 3.69. The lowest BCUT2D eigenvalue weighted by atomic mass is 9.76. The molecule has 0 aromatic carbocycles. The molecular weight excluding hydrogens is 238 g/mol. The highest BCUT2D eigenvalue weighted by Gasteiger charge is 2.57. The summed E-state index contributed by atoms with van der Waals surface area (Å²) < 4.78 is 0. The van der Waals surface area contributed by atoms with Gasteiger partial charge in [0.05, 0.1) is 10.6 Å². The molecule has 0 bridgehead atoms. The number of ketones is 2. The second kappa shape index (κ2) is 3.50. The first-order valence-corrected chi connectivity index (χ1v) is 6.39. The largest absolute Gasteiger partial charge is 0.367 e. The van der Waals surface area contributed by atoms with E-state index in [1.54, 1.807) is 0 Å². The Morgan fingerprint density at radius 2 is 1.88 bits per heavy atom. The Hall–Kier alpha value is -1.49. The van der Waals surface area contributed by atoms with Crippen LogP contribution in [0.1, 0.15) is 22.5 Å². The summed E-state index contributed by atoms with van der Waals surface area (Å²) in [4.78, 5) is 36.9. The Morgan fingerprint density at radius 3 is 2.47 bits per heavy atom. The summed E-state index contributed by atoms with van der Waals surface area (Å²) in [6.45, 7) is 0.893. The van der Waals surface area contributed by atoms with Crippen LogP contribution in [0.4, 0.5) is 5.69 Å². The van der Waals surface area contributed by atoms with Crippen LogP contribution in [-0.4, -0.2) is 30.9 Å². The predicted molar refractivity (Wildman–Crippen MR) is 63.6 cm³/mol. The lowest BCUT2D eigenvalue weighted by Gasteiger charge is -2.46. The van der Waals surface area contributed by atoms with Crippen molar-refractivity contribution in [1.29, 1.82) is 0 Å². The lowest BCUT2D eigenvalue weighted by molar-refractivity contribution is -0.136. The van der Waals surface area contributed by atoms with Crippen molar-refractivity contribution in [2.45, 2.75) is 12.8 Å². The molecule has 1 saturated carbocycles. The number of anilines is 1. The molecular formula is C12H11NO3S. The smallest absolute Gasteiger partial charge is 0.162 e. The molecule has 1 aliphatic carbocycles. The SMILES string of the molecule is O=Cc1sccc1N1CC2(C1)C(=O)CCC2=O. The van der Waals surface area contributed by atoms with Gasteiger partial charge in [0.25, 0.3) is 0 Å². The molecule has 17 heavy (non-hydrogen) atoms. The highest BCUT2D eigenvalue weighted by molar-refractivity contribution is 7.12. The second-order valence-electron chi connectivity index (χ2n) is 4.57. The molecule has 0 amide bonds. The summed E-state index contributed by atoms with van der Waals surface area (Å²) in [5.74, 6) is 0.142. The maximum Gasteiger partial charge on any atom is 0.162 e. The first kappa shape index (κ1) is 10.7. The lowest BCUT2D eigenvalue weighted by Crippen LogP contribution is -2.62. The van der Waals surface area contributed by atoms with Gasteiger partial charge in [-0.1, -0.05) is 0 Å². The van der Waals surface area contributed by atoms with E-state index >= 15 is 0 Å². The van der Waals surface area contributed by atoms with E-state index < -0.39 is 5.41 Å². The van der Waals surface area contributed by atoms with Gasteiger partial charge in [-0.25, -0.2) is 0 Å². The van der Waals surface area contributed by atoms with Gasteiger partial charge in [-0.2, -0.15) is 0 Å². The van der Waals surface area contributed by atoms with Gasteiger partial charge in [0, 0.05) is 25.9 Å². The summed E-state index contributed by atoms with van der Waals surface area (Å²) in [5, 5.41) is 1.85. The molecule has 2 aliphatic rings. The van der Waals surface area contributed by atoms with Gasteiger partial charge >= 0.3 is 0 Å². The zero-order valence-electron chi connectivity index (χ0n) is 9.14. The van der Waals surface area contributed by atoms with Crippen LogP contribution >= 0.6 is 11.3 Å². The fraction of sp³-hybridized carbons (Fsp3) is 0.417. The van der Waals surface area contributed by atoms with Gasteiger partial charge in [0.1, 0.15) is 17.0 Å². The standard InChI is InChI=1S/C12H11NO3S/c14-5-9-8(3-4-17-9)13-6-12(7-13)10(15)1-2-11(12)16/h3-5H,1-2,6-7H2. The van der Waals surface area contributed by atoms with Crippen molar-refractivity contribution in [3.8, 4) is 0 Å². The van der Waals surface area contributed by atoms with E-state index in [1.165, 1.54) is 11.3 Å². The van der Waals surface area contributed by atoms with E-state index in [1.807, 2.05) is 16.3 Å². The van der Waals surface area contributed by atoms with Gasteiger partial charge in [0.15, 0.2) is 6.29 Å². The monoisotopic (exact) mass is 249 g/mol. The number of hydrogen-bond donors (Lipinski definition) is 0. The summed E-state index contributed by atoms with van der Waals surface area (Å²) in [5.41, 5.74) is 0.102. The Labute approximate surface area is 102 Å². The van der Waals surface area contributed by atoms with Crippen LogP contribution in [0.5, 0.6) is 0 Å². The minimum atomic E-state index is -0.748. The van der Waals surface area contributed by atoms with Crippen LogP contribution in [-0.2, 0) is 9.59 Å². The van der Waals surface area contributed by atoms with Crippen molar-refractivity contribution in [3.63, 3.8) is 0 Å². The van der Waals surface area contributed by atoms with Crippen LogP contribution in [0.3, 0.4) is 0 Å². The van der Waals surface area contributed by atoms with Crippen molar-refractivity contribution in [2.24, 2.45) is 5.41 Å². The number of nitrogens with zero attached hydrogens (tertiary/aromatic N) is 1. The molecule has 4 nitrogen and oxygen atoms in total. The van der Waals surface area contributed by atoms with Gasteiger partial charge in [-0.15, -0.1) is 11.3 Å². The highest BCUT2D eigenvalue weighted by Crippen LogP contribution is 2.43. The Kier molecular flexibility index (Phi) is 2.19. The van der Waals surface area contributed by atoms with E-state index in [9.17, 15) is 14.4 Å². The van der Waals surface area contributed by atoms with Gasteiger partial charge in [-0.3, -0.25) is 14.4 Å². The average molecular weight is 249 g/mol. The molecule has 3 rings (SSSR count). The first-order valence-electron chi connectivity index (χ1n) is 5.51. The number of carbonyl (C=O) groups excluding carboxylic acids is 3. The molecule has 0 N–H and O–H groups in total. The fourth-order valence-electron chi connectivity index (χ4n) is 2.65. The summed E-state index contributed by atoms with van der Waals surface area (Å²) in [6.07, 6.45) is 1.59. The minimum Gasteiger partial charge on any atom is -0.367 e. The number of hydrogen-bond acceptors (Lipinski definition) is 5. The number of carbonyl (C=O) groups is 3. The van der Waals surface area contributed by atoms with Gasteiger partial charge in [0.2, 0.25) is 0 Å². The van der Waals surface area contributed by atoms with E-state index in [-0.39, 0.29) is 11.6 Å². The predicted octanol–water partition coefficient (Wildman–Crippen LogP) is 1.30. The molecule has 1 aliphatic heterocycles. The summed E-state index contributed by atoms with van der Waals surface area (Å²) in [6, 6.07) is 1.87.